The average Bonchev–Trinajstić information content (AvgIpc) is 2.70. The van der Waals surface area contributed by atoms with Crippen LogP contribution in [0.1, 0.15) is 28.6 Å². The molecule has 1 heterocycles. The van der Waals surface area contributed by atoms with Gasteiger partial charge in [-0.05, 0) is 33.0 Å². The summed E-state index contributed by atoms with van der Waals surface area (Å²) in [5.74, 6) is 0.892. The fourth-order valence-electron chi connectivity index (χ4n) is 2.44. The zero-order valence-corrected chi connectivity index (χ0v) is 12.2. The fourth-order valence-corrected chi connectivity index (χ4v) is 2.44. The molecule has 4 nitrogen and oxygen atoms in total. The normalized spacial score (nSPS) is 12.5. The molecule has 2 rings (SSSR count). The molecule has 4 heteroatoms. The van der Waals surface area contributed by atoms with Crippen molar-refractivity contribution in [3.8, 4) is 5.75 Å². The third-order valence-corrected chi connectivity index (χ3v) is 3.32. The number of nitrogens with one attached hydrogen (secondary N) is 1. The number of hydrogen-bond acceptors (Lipinski definition) is 3. The van der Waals surface area contributed by atoms with Crippen molar-refractivity contribution in [3.05, 3.63) is 46.8 Å². The van der Waals surface area contributed by atoms with E-state index in [1.165, 1.54) is 5.56 Å². The Hall–Kier alpha value is -1.81. The molecule has 0 aliphatic heterocycles. The molecule has 0 aliphatic carbocycles. The highest BCUT2D eigenvalue weighted by Crippen LogP contribution is 2.30. The summed E-state index contributed by atoms with van der Waals surface area (Å²) < 4.78 is 7.40. The van der Waals surface area contributed by atoms with Crippen molar-refractivity contribution >= 4 is 0 Å². The van der Waals surface area contributed by atoms with Crippen LogP contribution < -0.4 is 10.1 Å². The molecule has 0 bridgehead atoms. The first kappa shape index (κ1) is 13.6. The summed E-state index contributed by atoms with van der Waals surface area (Å²) in [4.78, 5) is 0. The van der Waals surface area contributed by atoms with E-state index >= 15 is 0 Å². The predicted octanol–water partition coefficient (Wildman–Crippen LogP) is 2.35. The van der Waals surface area contributed by atoms with Gasteiger partial charge in [0.25, 0.3) is 0 Å². The third kappa shape index (κ3) is 2.63. The Morgan fingerprint density at radius 1 is 1.26 bits per heavy atom. The summed E-state index contributed by atoms with van der Waals surface area (Å²) in [6.07, 6.45) is 0. The Bertz CT molecular complexity index is 575. The summed E-state index contributed by atoms with van der Waals surface area (Å²) in [6.45, 7) is 4.09. The van der Waals surface area contributed by atoms with Gasteiger partial charge in [-0.15, -0.1) is 0 Å². The number of benzene rings is 1. The lowest BCUT2D eigenvalue weighted by Crippen LogP contribution is -2.21. The van der Waals surface area contributed by atoms with Crippen molar-refractivity contribution in [2.24, 2.45) is 7.05 Å². The molecule has 1 atom stereocenters. The topological polar surface area (TPSA) is 39.1 Å². The van der Waals surface area contributed by atoms with Crippen molar-refractivity contribution in [1.82, 2.24) is 15.1 Å². The van der Waals surface area contributed by atoms with Crippen LogP contribution in [0.15, 0.2) is 24.3 Å². The molecule has 0 radical (unpaired) electrons. The van der Waals surface area contributed by atoms with Crippen LogP contribution in [0.25, 0.3) is 0 Å². The Balaban J connectivity index is 2.53. The lowest BCUT2D eigenvalue weighted by atomic mass is 10.00. The van der Waals surface area contributed by atoms with Gasteiger partial charge >= 0.3 is 0 Å². The molecule has 102 valence electrons. The van der Waals surface area contributed by atoms with E-state index in [1.807, 2.05) is 31.8 Å². The second kappa shape index (κ2) is 5.45. The molecule has 1 N–H and O–H groups in total. The molecule has 0 saturated heterocycles. The van der Waals surface area contributed by atoms with Crippen LogP contribution >= 0.6 is 0 Å². The van der Waals surface area contributed by atoms with Crippen molar-refractivity contribution in [3.63, 3.8) is 0 Å². The van der Waals surface area contributed by atoms with E-state index in [2.05, 4.69) is 35.5 Å². The second-order valence-electron chi connectivity index (χ2n) is 4.80. The summed E-state index contributed by atoms with van der Waals surface area (Å²) in [7, 11) is 5.62. The average molecular weight is 259 g/mol. The summed E-state index contributed by atoms with van der Waals surface area (Å²) in [6, 6.07) is 8.40. The van der Waals surface area contributed by atoms with Crippen LogP contribution in [0.3, 0.4) is 0 Å². The molecule has 1 aromatic carbocycles. The standard InChI is InChI=1S/C15H21N3O/c1-10-6-7-14(19-5)12(8-10)15(16-3)13-9-11(2)17-18(13)4/h6-9,15-16H,1-5H3. The Morgan fingerprint density at radius 3 is 2.53 bits per heavy atom. The van der Waals surface area contributed by atoms with E-state index in [-0.39, 0.29) is 6.04 Å². The number of aromatic nitrogens is 2. The van der Waals surface area contributed by atoms with E-state index in [0.29, 0.717) is 0 Å². The highest BCUT2D eigenvalue weighted by atomic mass is 16.5. The molecule has 0 aliphatic rings. The number of methoxy groups -OCH3 is 1. The molecular weight excluding hydrogens is 238 g/mol. The number of rotatable bonds is 4. The van der Waals surface area contributed by atoms with Crippen molar-refractivity contribution in [1.29, 1.82) is 0 Å². The first-order chi connectivity index (χ1) is 9.06. The van der Waals surface area contributed by atoms with Crippen molar-refractivity contribution in [2.75, 3.05) is 14.2 Å². The second-order valence-corrected chi connectivity index (χ2v) is 4.80. The van der Waals surface area contributed by atoms with Gasteiger partial charge in [0.2, 0.25) is 0 Å². The summed E-state index contributed by atoms with van der Waals surface area (Å²) in [5, 5.41) is 7.77. The molecule has 0 amide bonds. The summed E-state index contributed by atoms with van der Waals surface area (Å²) >= 11 is 0. The molecule has 0 saturated carbocycles. The summed E-state index contributed by atoms with van der Waals surface area (Å²) in [5.41, 5.74) is 4.50. The molecule has 0 spiro atoms. The maximum atomic E-state index is 5.48. The SMILES string of the molecule is CNC(c1cc(C)ccc1OC)c1cc(C)nn1C. The highest BCUT2D eigenvalue weighted by molar-refractivity contribution is 5.42. The third-order valence-electron chi connectivity index (χ3n) is 3.32. The van der Waals surface area contributed by atoms with Gasteiger partial charge in [0.15, 0.2) is 0 Å². The van der Waals surface area contributed by atoms with Gasteiger partial charge < -0.3 is 10.1 Å². The maximum absolute atomic E-state index is 5.48. The zero-order valence-electron chi connectivity index (χ0n) is 12.2. The van der Waals surface area contributed by atoms with E-state index in [1.54, 1.807) is 7.11 Å². The van der Waals surface area contributed by atoms with Crippen LogP contribution in [0.5, 0.6) is 5.75 Å². The quantitative estimate of drug-likeness (QED) is 0.916. The maximum Gasteiger partial charge on any atom is 0.124 e. The van der Waals surface area contributed by atoms with Gasteiger partial charge in [-0.1, -0.05) is 17.7 Å². The fraction of sp³-hybridized carbons (Fsp3) is 0.400. The van der Waals surface area contributed by atoms with E-state index in [0.717, 1.165) is 22.7 Å². The first-order valence-corrected chi connectivity index (χ1v) is 6.39. The van der Waals surface area contributed by atoms with E-state index in [4.69, 9.17) is 4.74 Å². The Kier molecular flexibility index (Phi) is 3.90. The predicted molar refractivity (Wildman–Crippen MR) is 76.6 cm³/mol. The van der Waals surface area contributed by atoms with Gasteiger partial charge in [-0.3, -0.25) is 4.68 Å². The molecule has 1 aromatic heterocycles. The van der Waals surface area contributed by atoms with Gasteiger partial charge in [0.1, 0.15) is 5.75 Å². The molecule has 19 heavy (non-hydrogen) atoms. The molecular formula is C15H21N3O. The van der Waals surface area contributed by atoms with Crippen LogP contribution in [0.2, 0.25) is 0 Å². The zero-order chi connectivity index (χ0) is 14.0. The smallest absolute Gasteiger partial charge is 0.124 e. The lowest BCUT2D eigenvalue weighted by molar-refractivity contribution is 0.404. The Morgan fingerprint density at radius 2 is 2.00 bits per heavy atom. The van der Waals surface area contributed by atoms with Crippen molar-refractivity contribution < 1.29 is 4.74 Å². The molecule has 1 unspecified atom stereocenters. The number of aryl methyl sites for hydroxylation is 3. The van der Waals surface area contributed by atoms with E-state index < -0.39 is 0 Å². The van der Waals surface area contributed by atoms with Crippen LogP contribution in [0, 0.1) is 13.8 Å². The van der Waals surface area contributed by atoms with Crippen LogP contribution in [-0.2, 0) is 7.05 Å². The minimum Gasteiger partial charge on any atom is -0.496 e. The number of nitrogens with zero attached hydrogens (tertiary/aromatic N) is 2. The first-order valence-electron chi connectivity index (χ1n) is 6.39. The molecule has 2 aromatic rings. The monoisotopic (exact) mass is 259 g/mol. The minimum atomic E-state index is 0.0704. The lowest BCUT2D eigenvalue weighted by Gasteiger charge is -2.20. The van der Waals surface area contributed by atoms with Gasteiger partial charge in [-0.25, -0.2) is 0 Å². The van der Waals surface area contributed by atoms with Crippen molar-refractivity contribution in [2.45, 2.75) is 19.9 Å². The number of ether oxygens (including phenoxy) is 1. The Labute approximate surface area is 114 Å². The largest absolute Gasteiger partial charge is 0.496 e. The number of hydrogen-bond donors (Lipinski definition) is 1. The van der Waals surface area contributed by atoms with Crippen LogP contribution in [0.4, 0.5) is 0 Å². The minimum absolute atomic E-state index is 0.0704. The van der Waals surface area contributed by atoms with Crippen LogP contribution in [-0.4, -0.2) is 23.9 Å². The van der Waals surface area contributed by atoms with Gasteiger partial charge in [0.05, 0.1) is 24.5 Å². The van der Waals surface area contributed by atoms with Gasteiger partial charge in [0, 0.05) is 12.6 Å². The highest BCUT2D eigenvalue weighted by Gasteiger charge is 2.20. The van der Waals surface area contributed by atoms with E-state index in [9.17, 15) is 0 Å². The molecule has 0 fully saturated rings. The van der Waals surface area contributed by atoms with Gasteiger partial charge in [-0.2, -0.15) is 5.10 Å².